The number of para-hydroxylation sites is 1. The van der Waals surface area contributed by atoms with E-state index in [1.807, 2.05) is 49.6 Å². The Labute approximate surface area is 153 Å². The monoisotopic (exact) mass is 358 g/mol. The maximum atomic E-state index is 12.3. The molecule has 0 spiro atoms. The number of hydrogen-bond acceptors (Lipinski definition) is 3. The first-order valence-electron chi connectivity index (χ1n) is 9.03. The third-order valence-electron chi connectivity index (χ3n) is 4.64. The van der Waals surface area contributed by atoms with Gasteiger partial charge in [-0.25, -0.2) is 9.59 Å². The van der Waals surface area contributed by atoms with Gasteiger partial charge >= 0.3 is 12.1 Å². The van der Waals surface area contributed by atoms with Crippen molar-refractivity contribution in [1.29, 1.82) is 0 Å². The van der Waals surface area contributed by atoms with Crippen molar-refractivity contribution >= 4 is 23.0 Å². The standard InChI is InChI=1S/C20H26N2O4/c1-20(2,3)26-19(25)21-10-6-7-14(11-21)12-22-13-16(18(23)24)15-8-4-5-9-17(15)22/h4-5,8-9,13-14H,6-7,10-12H2,1-3H3,(H,23,24). The molecule has 1 unspecified atom stereocenters. The average molecular weight is 358 g/mol. The number of carbonyl (C=O) groups excluding carboxylic acids is 1. The average Bonchev–Trinajstić information content (AvgIpc) is 2.93. The zero-order valence-electron chi connectivity index (χ0n) is 15.6. The Morgan fingerprint density at radius 3 is 2.69 bits per heavy atom. The van der Waals surface area contributed by atoms with Crippen molar-refractivity contribution in [3.05, 3.63) is 36.0 Å². The lowest BCUT2D eigenvalue weighted by atomic mass is 9.98. The number of carboxylic acids is 1. The summed E-state index contributed by atoms with van der Waals surface area (Å²) >= 11 is 0. The van der Waals surface area contributed by atoms with Gasteiger partial charge in [0.15, 0.2) is 0 Å². The van der Waals surface area contributed by atoms with Gasteiger partial charge in [-0.3, -0.25) is 0 Å². The summed E-state index contributed by atoms with van der Waals surface area (Å²) in [5.74, 6) is -0.646. The van der Waals surface area contributed by atoms with E-state index in [2.05, 4.69) is 0 Å². The first-order chi connectivity index (χ1) is 12.2. The van der Waals surface area contributed by atoms with Crippen LogP contribution in [0.5, 0.6) is 0 Å². The molecule has 1 N–H and O–H groups in total. The normalized spacial score (nSPS) is 18.1. The van der Waals surface area contributed by atoms with Gasteiger partial charge in [-0.15, -0.1) is 0 Å². The minimum atomic E-state index is -0.918. The van der Waals surface area contributed by atoms with E-state index in [9.17, 15) is 14.7 Å². The highest BCUT2D eigenvalue weighted by Gasteiger charge is 2.28. The van der Waals surface area contributed by atoms with Gasteiger partial charge in [0.05, 0.1) is 5.56 Å². The Bertz CT molecular complexity index is 819. The highest BCUT2D eigenvalue weighted by molar-refractivity contribution is 6.03. The predicted molar refractivity (Wildman–Crippen MR) is 99.4 cm³/mol. The predicted octanol–water partition coefficient (Wildman–Crippen LogP) is 3.99. The number of piperidine rings is 1. The molecule has 6 nitrogen and oxygen atoms in total. The summed E-state index contributed by atoms with van der Waals surface area (Å²) in [6.07, 6.45) is 3.37. The number of ether oxygens (including phenoxy) is 1. The Morgan fingerprint density at radius 2 is 2.00 bits per heavy atom. The van der Waals surface area contributed by atoms with E-state index in [-0.39, 0.29) is 12.0 Å². The van der Waals surface area contributed by atoms with Gasteiger partial charge in [0.25, 0.3) is 0 Å². The molecule has 0 aliphatic carbocycles. The molecular formula is C20H26N2O4. The van der Waals surface area contributed by atoms with E-state index < -0.39 is 11.6 Å². The highest BCUT2D eigenvalue weighted by atomic mass is 16.6. The fraction of sp³-hybridized carbons (Fsp3) is 0.500. The van der Waals surface area contributed by atoms with Gasteiger partial charge in [-0.2, -0.15) is 0 Å². The first-order valence-corrected chi connectivity index (χ1v) is 9.03. The molecule has 6 heteroatoms. The Morgan fingerprint density at radius 1 is 1.27 bits per heavy atom. The van der Waals surface area contributed by atoms with Crippen molar-refractivity contribution in [3.8, 4) is 0 Å². The van der Waals surface area contributed by atoms with Gasteiger partial charge in [0, 0.05) is 36.7 Å². The van der Waals surface area contributed by atoms with Crippen molar-refractivity contribution in [2.45, 2.75) is 45.8 Å². The van der Waals surface area contributed by atoms with Crippen LogP contribution in [0.2, 0.25) is 0 Å². The Hall–Kier alpha value is -2.50. The lowest BCUT2D eigenvalue weighted by Crippen LogP contribution is -2.43. The SMILES string of the molecule is CC(C)(C)OC(=O)N1CCCC(Cn2cc(C(=O)O)c3ccccc32)C1. The molecule has 1 saturated heterocycles. The molecule has 1 aromatic carbocycles. The zero-order valence-corrected chi connectivity index (χ0v) is 15.6. The van der Waals surface area contributed by atoms with E-state index in [0.717, 1.165) is 23.7 Å². The number of nitrogens with zero attached hydrogens (tertiary/aromatic N) is 2. The third-order valence-corrected chi connectivity index (χ3v) is 4.64. The number of rotatable bonds is 3. The van der Waals surface area contributed by atoms with Crippen LogP contribution in [0.4, 0.5) is 4.79 Å². The van der Waals surface area contributed by atoms with Crippen LogP contribution >= 0.6 is 0 Å². The Kier molecular flexibility index (Phi) is 4.94. The zero-order chi connectivity index (χ0) is 18.9. The molecule has 2 heterocycles. The number of likely N-dealkylation sites (tertiary alicyclic amines) is 1. The van der Waals surface area contributed by atoms with Gasteiger partial charge in [-0.05, 0) is 45.6 Å². The van der Waals surface area contributed by atoms with Crippen LogP contribution < -0.4 is 0 Å². The topological polar surface area (TPSA) is 71.8 Å². The molecular weight excluding hydrogens is 332 g/mol. The van der Waals surface area contributed by atoms with E-state index in [4.69, 9.17) is 4.74 Å². The number of benzene rings is 1. The summed E-state index contributed by atoms with van der Waals surface area (Å²) in [6, 6.07) is 7.54. The fourth-order valence-corrected chi connectivity index (χ4v) is 3.55. The van der Waals surface area contributed by atoms with Crippen LogP contribution in [0.25, 0.3) is 10.9 Å². The van der Waals surface area contributed by atoms with Crippen molar-refractivity contribution in [2.24, 2.45) is 5.92 Å². The van der Waals surface area contributed by atoms with Crippen molar-refractivity contribution in [2.75, 3.05) is 13.1 Å². The summed E-state index contributed by atoms with van der Waals surface area (Å²) in [7, 11) is 0. The Balaban J connectivity index is 1.76. The molecule has 1 amide bonds. The number of fused-ring (bicyclic) bond motifs is 1. The number of hydrogen-bond donors (Lipinski definition) is 1. The molecule has 2 aromatic rings. The minimum Gasteiger partial charge on any atom is -0.478 e. The van der Waals surface area contributed by atoms with Crippen LogP contribution in [0, 0.1) is 5.92 Å². The number of carbonyl (C=O) groups is 2. The lowest BCUT2D eigenvalue weighted by molar-refractivity contribution is 0.0158. The maximum Gasteiger partial charge on any atom is 0.410 e. The molecule has 0 bridgehead atoms. The van der Waals surface area contributed by atoms with Crippen LogP contribution in [0.1, 0.15) is 44.0 Å². The quantitative estimate of drug-likeness (QED) is 0.900. The van der Waals surface area contributed by atoms with Crippen molar-refractivity contribution in [1.82, 2.24) is 9.47 Å². The maximum absolute atomic E-state index is 12.3. The van der Waals surface area contributed by atoms with E-state index in [0.29, 0.717) is 25.2 Å². The van der Waals surface area contributed by atoms with Crippen LogP contribution in [0.3, 0.4) is 0 Å². The van der Waals surface area contributed by atoms with Crippen LogP contribution in [-0.4, -0.2) is 45.3 Å². The van der Waals surface area contributed by atoms with Crippen LogP contribution in [-0.2, 0) is 11.3 Å². The van der Waals surface area contributed by atoms with E-state index >= 15 is 0 Å². The molecule has 1 aliphatic rings. The highest BCUT2D eigenvalue weighted by Crippen LogP contribution is 2.26. The van der Waals surface area contributed by atoms with Gasteiger partial charge in [0.1, 0.15) is 5.60 Å². The van der Waals surface area contributed by atoms with Crippen molar-refractivity contribution < 1.29 is 19.4 Å². The summed E-state index contributed by atoms with van der Waals surface area (Å²) in [5, 5.41) is 10.2. The number of amides is 1. The second-order valence-corrected chi connectivity index (χ2v) is 7.95. The molecule has 3 rings (SSSR count). The fourth-order valence-electron chi connectivity index (χ4n) is 3.55. The van der Waals surface area contributed by atoms with E-state index in [1.165, 1.54) is 0 Å². The summed E-state index contributed by atoms with van der Waals surface area (Å²) in [6.45, 7) is 7.62. The second kappa shape index (κ2) is 7.02. The molecule has 140 valence electrons. The smallest absolute Gasteiger partial charge is 0.410 e. The number of aromatic carboxylic acids is 1. The number of aromatic nitrogens is 1. The molecule has 1 atom stereocenters. The molecule has 1 aromatic heterocycles. The van der Waals surface area contributed by atoms with Gasteiger partial charge in [0.2, 0.25) is 0 Å². The molecule has 1 aliphatic heterocycles. The second-order valence-electron chi connectivity index (χ2n) is 7.95. The van der Waals surface area contributed by atoms with Crippen LogP contribution in [0.15, 0.2) is 30.5 Å². The van der Waals surface area contributed by atoms with Gasteiger partial charge < -0.3 is 19.3 Å². The summed E-state index contributed by atoms with van der Waals surface area (Å²) < 4.78 is 7.49. The van der Waals surface area contributed by atoms with Crippen molar-refractivity contribution in [3.63, 3.8) is 0 Å². The lowest BCUT2D eigenvalue weighted by Gasteiger charge is -2.34. The molecule has 1 fully saturated rings. The van der Waals surface area contributed by atoms with Gasteiger partial charge in [-0.1, -0.05) is 18.2 Å². The molecule has 0 saturated carbocycles. The first kappa shape index (κ1) is 18.3. The largest absolute Gasteiger partial charge is 0.478 e. The summed E-state index contributed by atoms with van der Waals surface area (Å²) in [4.78, 5) is 25.6. The molecule has 0 radical (unpaired) electrons. The number of carboxylic acid groups (broad SMARTS) is 1. The minimum absolute atomic E-state index is 0.272. The summed E-state index contributed by atoms with van der Waals surface area (Å²) in [5.41, 5.74) is 0.733. The van der Waals surface area contributed by atoms with E-state index in [1.54, 1.807) is 11.1 Å². The third kappa shape index (κ3) is 4.00. The molecule has 26 heavy (non-hydrogen) atoms.